The Kier molecular flexibility index (Phi) is 6.44. The molecule has 45 heavy (non-hydrogen) atoms. The molecule has 5 heteroatoms. The van der Waals surface area contributed by atoms with E-state index in [0.717, 1.165) is 55.3 Å². The maximum atomic E-state index is 9.79. The number of aromatic nitrogens is 4. The standard InChI is InChI=1S/C40H25N5/c41-26-31-16-10-11-19-33(31)29-20-22-34-35-24-30(21-23-36(35)45(37(34)25-29)32-17-8-3-9-18-32)40-43-38(27-12-4-1-5-13-27)42-39(44-40)28-14-6-2-7-15-28/h1-25H. The minimum atomic E-state index is 0.616. The zero-order chi connectivity index (χ0) is 30.2. The summed E-state index contributed by atoms with van der Waals surface area (Å²) in [7, 11) is 0. The van der Waals surface area contributed by atoms with E-state index in [4.69, 9.17) is 15.0 Å². The molecule has 2 aromatic heterocycles. The Labute approximate surface area is 260 Å². The summed E-state index contributed by atoms with van der Waals surface area (Å²) in [5.74, 6) is 1.88. The van der Waals surface area contributed by atoms with E-state index in [1.807, 2.05) is 91.0 Å². The maximum absolute atomic E-state index is 9.79. The number of rotatable bonds is 5. The molecule has 2 heterocycles. The Bertz CT molecular complexity index is 2310. The maximum Gasteiger partial charge on any atom is 0.164 e. The Morgan fingerprint density at radius 2 is 1.00 bits per heavy atom. The minimum Gasteiger partial charge on any atom is -0.309 e. The van der Waals surface area contributed by atoms with Crippen molar-refractivity contribution in [3.05, 3.63) is 157 Å². The van der Waals surface area contributed by atoms with Crippen LogP contribution < -0.4 is 0 Å². The van der Waals surface area contributed by atoms with Gasteiger partial charge in [-0.15, -0.1) is 0 Å². The number of hydrogen-bond acceptors (Lipinski definition) is 4. The summed E-state index contributed by atoms with van der Waals surface area (Å²) >= 11 is 0. The largest absolute Gasteiger partial charge is 0.309 e. The number of hydrogen-bond donors (Lipinski definition) is 0. The molecule has 0 N–H and O–H groups in total. The van der Waals surface area contributed by atoms with Crippen LogP contribution in [0.25, 0.3) is 72.8 Å². The van der Waals surface area contributed by atoms with Crippen molar-refractivity contribution >= 4 is 21.8 Å². The molecule has 0 aliphatic carbocycles. The number of fused-ring (bicyclic) bond motifs is 3. The van der Waals surface area contributed by atoms with E-state index in [-0.39, 0.29) is 0 Å². The van der Waals surface area contributed by atoms with Gasteiger partial charge in [-0.2, -0.15) is 5.26 Å². The van der Waals surface area contributed by atoms with Crippen LogP contribution in [-0.2, 0) is 0 Å². The number of para-hydroxylation sites is 1. The summed E-state index contributed by atoms with van der Waals surface area (Å²) in [6.45, 7) is 0. The molecule has 8 rings (SSSR count). The third kappa shape index (κ3) is 4.71. The molecule has 8 aromatic rings. The molecule has 210 valence electrons. The molecule has 0 atom stereocenters. The fraction of sp³-hybridized carbons (Fsp3) is 0. The van der Waals surface area contributed by atoms with E-state index in [1.54, 1.807) is 0 Å². The molecular weight excluding hydrogens is 550 g/mol. The molecule has 0 aliphatic heterocycles. The highest BCUT2D eigenvalue weighted by Crippen LogP contribution is 2.37. The molecular formula is C40H25N5. The van der Waals surface area contributed by atoms with Gasteiger partial charge in [-0.3, -0.25) is 0 Å². The molecule has 0 fully saturated rings. The molecule has 0 amide bonds. The normalized spacial score (nSPS) is 11.1. The van der Waals surface area contributed by atoms with Gasteiger partial charge in [-0.1, -0.05) is 109 Å². The highest BCUT2D eigenvalue weighted by molar-refractivity contribution is 6.11. The van der Waals surface area contributed by atoms with E-state index in [0.29, 0.717) is 23.0 Å². The average Bonchev–Trinajstić information content (AvgIpc) is 3.45. The summed E-state index contributed by atoms with van der Waals surface area (Å²) < 4.78 is 2.28. The molecule has 0 radical (unpaired) electrons. The van der Waals surface area contributed by atoms with Crippen molar-refractivity contribution in [2.75, 3.05) is 0 Å². The quantitative estimate of drug-likeness (QED) is 0.205. The Hall–Kier alpha value is -6.38. The van der Waals surface area contributed by atoms with Gasteiger partial charge in [0.2, 0.25) is 0 Å². The van der Waals surface area contributed by atoms with Gasteiger partial charge in [-0.05, 0) is 53.6 Å². The van der Waals surface area contributed by atoms with Crippen LogP contribution in [0.2, 0.25) is 0 Å². The predicted octanol–water partition coefficient (Wildman–Crippen LogP) is 9.51. The Balaban J connectivity index is 1.36. The van der Waals surface area contributed by atoms with Crippen molar-refractivity contribution in [1.82, 2.24) is 19.5 Å². The number of benzene rings is 6. The molecule has 5 nitrogen and oxygen atoms in total. The SMILES string of the molecule is N#Cc1ccccc1-c1ccc2c3cc(-c4nc(-c5ccccc5)nc(-c5ccccc5)n4)ccc3n(-c3ccccc3)c2c1. The first-order valence-corrected chi connectivity index (χ1v) is 14.8. The van der Waals surface area contributed by atoms with Crippen LogP contribution in [0.4, 0.5) is 0 Å². The van der Waals surface area contributed by atoms with Crippen molar-refractivity contribution in [3.63, 3.8) is 0 Å². The molecule has 0 saturated heterocycles. The first-order chi connectivity index (χ1) is 22.3. The molecule has 0 unspecified atom stereocenters. The van der Waals surface area contributed by atoms with Gasteiger partial charge in [0.15, 0.2) is 17.5 Å². The second-order valence-electron chi connectivity index (χ2n) is 10.8. The van der Waals surface area contributed by atoms with Gasteiger partial charge < -0.3 is 4.57 Å². The third-order valence-electron chi connectivity index (χ3n) is 8.10. The van der Waals surface area contributed by atoms with Crippen LogP contribution >= 0.6 is 0 Å². The predicted molar refractivity (Wildman–Crippen MR) is 181 cm³/mol. The van der Waals surface area contributed by atoms with Crippen LogP contribution in [-0.4, -0.2) is 19.5 Å². The average molecular weight is 576 g/mol. The van der Waals surface area contributed by atoms with Crippen LogP contribution in [0, 0.1) is 11.3 Å². The van der Waals surface area contributed by atoms with Gasteiger partial charge in [0.1, 0.15) is 0 Å². The lowest BCUT2D eigenvalue weighted by molar-refractivity contribution is 1.07. The fourth-order valence-electron chi connectivity index (χ4n) is 5.95. The topological polar surface area (TPSA) is 67.4 Å². The second kappa shape index (κ2) is 11.0. The summed E-state index contributed by atoms with van der Waals surface area (Å²) in [5, 5.41) is 12.0. The molecule has 0 aliphatic rings. The number of nitrogens with zero attached hydrogens (tertiary/aromatic N) is 5. The van der Waals surface area contributed by atoms with Crippen LogP contribution in [0.5, 0.6) is 0 Å². The van der Waals surface area contributed by atoms with Crippen molar-refractivity contribution in [1.29, 1.82) is 5.26 Å². The first-order valence-electron chi connectivity index (χ1n) is 14.8. The highest BCUT2D eigenvalue weighted by atomic mass is 15.0. The van der Waals surface area contributed by atoms with Crippen molar-refractivity contribution in [2.24, 2.45) is 0 Å². The Morgan fingerprint density at radius 1 is 0.444 bits per heavy atom. The minimum absolute atomic E-state index is 0.616. The smallest absolute Gasteiger partial charge is 0.164 e. The van der Waals surface area contributed by atoms with E-state index in [2.05, 4.69) is 71.3 Å². The second-order valence-corrected chi connectivity index (χ2v) is 10.8. The molecule has 0 spiro atoms. The molecule has 6 aromatic carbocycles. The van der Waals surface area contributed by atoms with Crippen molar-refractivity contribution in [2.45, 2.75) is 0 Å². The van der Waals surface area contributed by atoms with Crippen LogP contribution in [0.15, 0.2) is 152 Å². The van der Waals surface area contributed by atoms with Gasteiger partial charge in [0.05, 0.1) is 22.7 Å². The first kappa shape index (κ1) is 26.3. The lowest BCUT2D eigenvalue weighted by Gasteiger charge is -2.10. The lowest BCUT2D eigenvalue weighted by Crippen LogP contribution is -2.00. The summed E-state index contributed by atoms with van der Waals surface area (Å²) in [5.41, 5.74) is 8.54. The summed E-state index contributed by atoms with van der Waals surface area (Å²) in [6, 6.07) is 53.4. The van der Waals surface area contributed by atoms with Gasteiger partial charge in [0.25, 0.3) is 0 Å². The van der Waals surface area contributed by atoms with Gasteiger partial charge in [-0.25, -0.2) is 15.0 Å². The van der Waals surface area contributed by atoms with E-state index in [9.17, 15) is 5.26 Å². The molecule has 0 bridgehead atoms. The van der Waals surface area contributed by atoms with E-state index >= 15 is 0 Å². The fourth-order valence-corrected chi connectivity index (χ4v) is 5.95. The van der Waals surface area contributed by atoms with Crippen molar-refractivity contribution < 1.29 is 0 Å². The zero-order valence-electron chi connectivity index (χ0n) is 24.2. The third-order valence-corrected chi connectivity index (χ3v) is 8.10. The number of nitriles is 1. The highest BCUT2D eigenvalue weighted by Gasteiger charge is 2.17. The van der Waals surface area contributed by atoms with E-state index < -0.39 is 0 Å². The monoisotopic (exact) mass is 575 g/mol. The zero-order valence-corrected chi connectivity index (χ0v) is 24.2. The van der Waals surface area contributed by atoms with Gasteiger partial charge in [0, 0.05) is 33.2 Å². The van der Waals surface area contributed by atoms with Crippen LogP contribution in [0.1, 0.15) is 5.56 Å². The Morgan fingerprint density at radius 3 is 1.64 bits per heavy atom. The van der Waals surface area contributed by atoms with Crippen molar-refractivity contribution in [3.8, 4) is 57.0 Å². The summed E-state index contributed by atoms with van der Waals surface area (Å²) in [4.78, 5) is 14.8. The van der Waals surface area contributed by atoms with Gasteiger partial charge >= 0.3 is 0 Å². The lowest BCUT2D eigenvalue weighted by atomic mass is 9.99. The van der Waals surface area contributed by atoms with Crippen LogP contribution in [0.3, 0.4) is 0 Å². The molecule has 0 saturated carbocycles. The summed E-state index contributed by atoms with van der Waals surface area (Å²) in [6.07, 6.45) is 0. The van der Waals surface area contributed by atoms with E-state index in [1.165, 1.54) is 0 Å².